The first kappa shape index (κ1) is 24.9. The number of carbonyl (C=O) groups is 1. The van der Waals surface area contributed by atoms with Crippen LogP contribution in [-0.4, -0.2) is 39.1 Å². The van der Waals surface area contributed by atoms with Gasteiger partial charge in [0, 0.05) is 16.6 Å². The maximum atomic E-state index is 13.5. The fraction of sp³-hybridized carbons (Fsp3) is 0.0909. The van der Waals surface area contributed by atoms with E-state index in [0.29, 0.717) is 10.0 Å². The highest BCUT2D eigenvalue weighted by Crippen LogP contribution is 2.32. The van der Waals surface area contributed by atoms with Crippen molar-refractivity contribution in [3.05, 3.63) is 92.9 Å². The number of amides is 1. The summed E-state index contributed by atoms with van der Waals surface area (Å²) in [6, 6.07) is 18.3. The number of nitro groups is 1. The van der Waals surface area contributed by atoms with E-state index in [9.17, 15) is 23.3 Å². The monoisotopic (exact) mass is 546 g/mol. The number of ether oxygens (including phenoxy) is 1. The number of rotatable bonds is 9. The molecule has 0 aromatic heterocycles. The summed E-state index contributed by atoms with van der Waals surface area (Å²) in [4.78, 5) is 22.7. The van der Waals surface area contributed by atoms with Crippen molar-refractivity contribution >= 4 is 49.4 Å². The van der Waals surface area contributed by atoms with Crippen LogP contribution in [0.5, 0.6) is 5.75 Å². The number of sulfonamides is 1. The maximum absolute atomic E-state index is 13.5. The summed E-state index contributed by atoms with van der Waals surface area (Å²) in [5, 5.41) is 14.5. The third kappa shape index (κ3) is 5.97. The lowest BCUT2D eigenvalue weighted by Gasteiger charge is -2.24. The quantitative estimate of drug-likeness (QED) is 0.247. The number of para-hydroxylation sites is 1. The molecule has 1 N–H and O–H groups in total. The molecule has 34 heavy (non-hydrogen) atoms. The van der Waals surface area contributed by atoms with E-state index in [-0.39, 0.29) is 22.0 Å². The van der Waals surface area contributed by atoms with E-state index in [1.165, 1.54) is 49.7 Å². The van der Waals surface area contributed by atoms with Gasteiger partial charge in [-0.15, -0.1) is 0 Å². The largest absolute Gasteiger partial charge is 0.495 e. The Labute approximate surface area is 204 Å². The Morgan fingerprint density at radius 2 is 1.82 bits per heavy atom. The molecule has 12 heteroatoms. The van der Waals surface area contributed by atoms with Gasteiger partial charge in [0.2, 0.25) is 0 Å². The number of hydrogen-bond acceptors (Lipinski definition) is 7. The molecule has 0 bridgehead atoms. The van der Waals surface area contributed by atoms with Gasteiger partial charge in [0.25, 0.3) is 21.6 Å². The van der Waals surface area contributed by atoms with E-state index in [0.717, 1.165) is 4.31 Å². The zero-order valence-corrected chi connectivity index (χ0v) is 20.2. The van der Waals surface area contributed by atoms with Gasteiger partial charge < -0.3 is 4.74 Å². The lowest BCUT2D eigenvalue weighted by Crippen LogP contribution is -2.39. The zero-order chi connectivity index (χ0) is 24.7. The molecule has 0 spiro atoms. The third-order valence-corrected chi connectivity index (χ3v) is 6.82. The van der Waals surface area contributed by atoms with Gasteiger partial charge >= 0.3 is 0 Å². The Morgan fingerprint density at radius 1 is 1.15 bits per heavy atom. The van der Waals surface area contributed by atoms with Crippen LogP contribution in [0, 0.1) is 10.1 Å². The van der Waals surface area contributed by atoms with Gasteiger partial charge in [-0.1, -0.05) is 34.1 Å². The van der Waals surface area contributed by atoms with Crippen molar-refractivity contribution in [2.24, 2.45) is 5.10 Å². The molecule has 0 radical (unpaired) electrons. The number of nitro benzene ring substituents is 1. The number of halogens is 1. The average Bonchev–Trinajstić information content (AvgIpc) is 2.83. The van der Waals surface area contributed by atoms with E-state index < -0.39 is 27.4 Å². The summed E-state index contributed by atoms with van der Waals surface area (Å²) in [6.07, 6.45) is 1.29. The Balaban J connectivity index is 1.84. The molecule has 3 aromatic rings. The third-order valence-electron chi connectivity index (χ3n) is 4.53. The predicted octanol–water partition coefficient (Wildman–Crippen LogP) is 3.71. The molecule has 0 saturated heterocycles. The molecule has 1 amide bonds. The minimum absolute atomic E-state index is 0.0760. The van der Waals surface area contributed by atoms with Gasteiger partial charge in [0.15, 0.2) is 0 Å². The minimum Gasteiger partial charge on any atom is -0.495 e. The molecule has 0 aliphatic heterocycles. The first-order valence-electron chi connectivity index (χ1n) is 9.70. The summed E-state index contributed by atoms with van der Waals surface area (Å²) >= 11 is 3.27. The number of hydrogen-bond donors (Lipinski definition) is 1. The van der Waals surface area contributed by atoms with Crippen molar-refractivity contribution < 1.29 is 22.9 Å². The first-order valence-corrected chi connectivity index (χ1v) is 11.9. The van der Waals surface area contributed by atoms with E-state index in [2.05, 4.69) is 26.5 Å². The van der Waals surface area contributed by atoms with Crippen LogP contribution in [-0.2, 0) is 14.8 Å². The Hall–Kier alpha value is -3.77. The van der Waals surface area contributed by atoms with Gasteiger partial charge in [-0.25, -0.2) is 13.8 Å². The Morgan fingerprint density at radius 3 is 2.44 bits per heavy atom. The number of non-ortho nitro benzene ring substituents is 1. The lowest BCUT2D eigenvalue weighted by molar-refractivity contribution is -0.384. The molecule has 0 fully saturated rings. The van der Waals surface area contributed by atoms with Crippen LogP contribution in [0.1, 0.15) is 5.56 Å². The van der Waals surface area contributed by atoms with Crippen molar-refractivity contribution in [1.82, 2.24) is 5.43 Å². The summed E-state index contributed by atoms with van der Waals surface area (Å²) < 4.78 is 33.8. The van der Waals surface area contributed by atoms with Crippen LogP contribution < -0.4 is 14.5 Å². The molecular weight excluding hydrogens is 528 g/mol. The van der Waals surface area contributed by atoms with E-state index in [1.54, 1.807) is 36.4 Å². The molecule has 3 rings (SSSR count). The van der Waals surface area contributed by atoms with Gasteiger partial charge in [-0.05, 0) is 48.0 Å². The fourth-order valence-corrected chi connectivity index (χ4v) is 5.02. The lowest BCUT2D eigenvalue weighted by atomic mass is 10.2. The second-order valence-corrected chi connectivity index (χ2v) is 9.53. The maximum Gasteiger partial charge on any atom is 0.269 e. The van der Waals surface area contributed by atoms with Gasteiger partial charge in [0.1, 0.15) is 17.2 Å². The molecular formula is C22H19BrN4O6S. The number of nitrogens with zero attached hydrogens (tertiary/aromatic N) is 3. The van der Waals surface area contributed by atoms with Crippen LogP contribution >= 0.6 is 15.9 Å². The number of anilines is 1. The van der Waals surface area contributed by atoms with Crippen LogP contribution in [0.3, 0.4) is 0 Å². The topological polar surface area (TPSA) is 131 Å². The molecule has 0 atom stereocenters. The van der Waals surface area contributed by atoms with Gasteiger partial charge in [-0.3, -0.25) is 19.2 Å². The van der Waals surface area contributed by atoms with Gasteiger partial charge in [0.05, 0.1) is 23.9 Å². The van der Waals surface area contributed by atoms with E-state index in [1.807, 2.05) is 0 Å². The number of hydrazone groups is 1. The van der Waals surface area contributed by atoms with E-state index >= 15 is 0 Å². The molecule has 0 heterocycles. The molecule has 0 aliphatic rings. The SMILES string of the molecule is COc1ccc(Br)cc1S(=O)(=O)N(CC(=O)N/N=C\c1ccc([N+](=O)[O-])cc1)c1ccccc1. The Kier molecular flexibility index (Phi) is 7.97. The summed E-state index contributed by atoms with van der Waals surface area (Å²) in [7, 11) is -2.85. The predicted molar refractivity (Wildman–Crippen MR) is 131 cm³/mol. The number of nitrogens with one attached hydrogen (secondary N) is 1. The highest BCUT2D eigenvalue weighted by molar-refractivity contribution is 9.10. The number of methoxy groups -OCH3 is 1. The minimum atomic E-state index is -4.20. The van der Waals surface area contributed by atoms with Crippen molar-refractivity contribution in [2.75, 3.05) is 18.0 Å². The highest BCUT2D eigenvalue weighted by Gasteiger charge is 2.30. The van der Waals surface area contributed by atoms with Crippen LogP contribution in [0.15, 0.2) is 87.3 Å². The number of benzene rings is 3. The summed E-state index contributed by atoms with van der Waals surface area (Å²) in [6.45, 7) is -0.556. The average molecular weight is 547 g/mol. The summed E-state index contributed by atoms with van der Waals surface area (Å²) in [5.41, 5.74) is 2.99. The van der Waals surface area contributed by atoms with E-state index in [4.69, 9.17) is 4.74 Å². The normalized spacial score (nSPS) is 11.2. The Bertz CT molecular complexity index is 1310. The smallest absolute Gasteiger partial charge is 0.269 e. The molecule has 3 aromatic carbocycles. The molecule has 176 valence electrons. The van der Waals surface area contributed by atoms with Crippen LogP contribution in [0.2, 0.25) is 0 Å². The van der Waals surface area contributed by atoms with Gasteiger partial charge in [-0.2, -0.15) is 5.10 Å². The highest BCUT2D eigenvalue weighted by atomic mass is 79.9. The summed E-state index contributed by atoms with van der Waals surface area (Å²) in [5.74, 6) is -0.569. The van der Waals surface area contributed by atoms with Crippen LogP contribution in [0.25, 0.3) is 0 Å². The van der Waals surface area contributed by atoms with Crippen molar-refractivity contribution in [3.8, 4) is 5.75 Å². The van der Waals surface area contributed by atoms with Crippen LogP contribution in [0.4, 0.5) is 11.4 Å². The molecule has 10 nitrogen and oxygen atoms in total. The van der Waals surface area contributed by atoms with Crippen molar-refractivity contribution in [1.29, 1.82) is 0 Å². The first-order chi connectivity index (χ1) is 16.2. The molecule has 0 unspecified atom stereocenters. The number of carbonyl (C=O) groups excluding carboxylic acids is 1. The molecule has 0 saturated carbocycles. The second kappa shape index (κ2) is 10.9. The zero-order valence-electron chi connectivity index (χ0n) is 17.8. The van der Waals surface area contributed by atoms with Crippen molar-refractivity contribution in [3.63, 3.8) is 0 Å². The second-order valence-electron chi connectivity index (χ2n) is 6.78. The standard InChI is InChI=1S/C22H19BrN4O6S/c1-33-20-12-9-17(23)13-21(20)34(31,32)26(18-5-3-2-4-6-18)15-22(28)25-24-14-16-7-10-19(11-8-16)27(29)30/h2-14H,15H2,1H3,(H,25,28)/b24-14-. The van der Waals surface area contributed by atoms with Crippen molar-refractivity contribution in [2.45, 2.75) is 4.90 Å². The molecule has 0 aliphatic carbocycles. The fourth-order valence-electron chi connectivity index (χ4n) is 2.91.